The zero-order chi connectivity index (χ0) is 17.5. The fraction of sp³-hybridized carbons (Fsp3) is 0.200. The number of esters is 1. The van der Waals surface area contributed by atoms with Crippen molar-refractivity contribution in [3.63, 3.8) is 0 Å². The summed E-state index contributed by atoms with van der Waals surface area (Å²) in [4.78, 5) is 11.7. The van der Waals surface area contributed by atoms with Crippen molar-refractivity contribution >= 4 is 29.2 Å². The van der Waals surface area contributed by atoms with E-state index in [-0.39, 0.29) is 11.9 Å². The molecule has 0 aliphatic rings. The first-order valence-electron chi connectivity index (χ1n) is 7.66. The van der Waals surface area contributed by atoms with Gasteiger partial charge in [0.15, 0.2) is 0 Å². The van der Waals surface area contributed by atoms with E-state index in [4.69, 9.17) is 16.3 Å². The fourth-order valence-corrected chi connectivity index (χ4v) is 2.24. The molecule has 0 saturated carbocycles. The summed E-state index contributed by atoms with van der Waals surface area (Å²) in [5, 5.41) is 9.98. The molecule has 0 atom stereocenters. The van der Waals surface area contributed by atoms with Gasteiger partial charge in [0.1, 0.15) is 5.75 Å². The van der Waals surface area contributed by atoms with Crippen LogP contribution in [0.5, 0.6) is 5.75 Å². The largest absolute Gasteiger partial charge is 0.427 e. The lowest BCUT2D eigenvalue weighted by Crippen LogP contribution is -2.10. The molecule has 0 radical (unpaired) electrons. The Morgan fingerprint density at radius 1 is 1.17 bits per heavy atom. The normalized spacial score (nSPS) is 11.2. The van der Waals surface area contributed by atoms with Crippen LogP contribution < -0.4 is 4.74 Å². The summed E-state index contributed by atoms with van der Waals surface area (Å²) in [5.74, 6) is 0.521. The standard InChI is InChI=1S/C20H18ClNO2/c1-14(2)11-20(23)24-19-9-3-15(4-10-19)12-17(13-22)16-5-7-18(21)8-6-16/h3-10,12,14H,11H2,1-2H3/b17-12-. The lowest BCUT2D eigenvalue weighted by Gasteiger charge is -2.06. The number of hydrogen-bond acceptors (Lipinski definition) is 3. The Bertz CT molecular complexity index is 769. The predicted molar refractivity (Wildman–Crippen MR) is 96.5 cm³/mol. The number of rotatable bonds is 5. The lowest BCUT2D eigenvalue weighted by molar-refractivity contribution is -0.135. The number of halogens is 1. The average molecular weight is 340 g/mol. The summed E-state index contributed by atoms with van der Waals surface area (Å²) in [6.07, 6.45) is 2.17. The van der Waals surface area contributed by atoms with E-state index in [1.165, 1.54) is 0 Å². The van der Waals surface area contributed by atoms with Crippen LogP contribution >= 0.6 is 11.6 Å². The van der Waals surface area contributed by atoms with E-state index in [0.717, 1.165) is 11.1 Å². The van der Waals surface area contributed by atoms with Crippen molar-refractivity contribution in [2.75, 3.05) is 0 Å². The van der Waals surface area contributed by atoms with Gasteiger partial charge in [-0.3, -0.25) is 4.79 Å². The molecular weight excluding hydrogens is 322 g/mol. The second-order valence-electron chi connectivity index (χ2n) is 5.82. The lowest BCUT2D eigenvalue weighted by atomic mass is 10.0. The van der Waals surface area contributed by atoms with Crippen LogP contribution in [0.2, 0.25) is 5.02 Å². The van der Waals surface area contributed by atoms with Gasteiger partial charge in [-0.2, -0.15) is 5.26 Å². The van der Waals surface area contributed by atoms with Crippen molar-refractivity contribution in [1.82, 2.24) is 0 Å². The molecule has 0 aliphatic carbocycles. The number of nitrogens with zero attached hydrogens (tertiary/aromatic N) is 1. The molecule has 0 unspecified atom stereocenters. The van der Waals surface area contributed by atoms with Gasteiger partial charge in [0, 0.05) is 11.4 Å². The minimum absolute atomic E-state index is 0.243. The quantitative estimate of drug-likeness (QED) is 0.319. The Balaban J connectivity index is 2.13. The van der Waals surface area contributed by atoms with Crippen molar-refractivity contribution in [2.24, 2.45) is 5.92 Å². The summed E-state index contributed by atoms with van der Waals surface area (Å²) in [7, 11) is 0. The first-order chi connectivity index (χ1) is 11.5. The third-order valence-corrected chi connectivity index (χ3v) is 3.53. The molecule has 2 aromatic rings. The topological polar surface area (TPSA) is 50.1 Å². The molecule has 0 N–H and O–H groups in total. The van der Waals surface area contributed by atoms with Crippen LogP contribution in [-0.2, 0) is 4.79 Å². The van der Waals surface area contributed by atoms with Gasteiger partial charge in [-0.1, -0.05) is 49.7 Å². The average Bonchev–Trinajstić information content (AvgIpc) is 2.54. The smallest absolute Gasteiger partial charge is 0.311 e. The molecule has 0 bridgehead atoms. The molecule has 0 heterocycles. The highest BCUT2D eigenvalue weighted by Crippen LogP contribution is 2.21. The van der Waals surface area contributed by atoms with Crippen LogP contribution in [-0.4, -0.2) is 5.97 Å². The van der Waals surface area contributed by atoms with E-state index in [0.29, 0.717) is 22.8 Å². The number of ether oxygens (including phenoxy) is 1. The summed E-state index contributed by atoms with van der Waals surface area (Å²) in [5.41, 5.74) is 2.19. The van der Waals surface area contributed by atoms with Crippen molar-refractivity contribution in [1.29, 1.82) is 5.26 Å². The maximum atomic E-state index is 11.7. The maximum Gasteiger partial charge on any atom is 0.311 e. The third-order valence-electron chi connectivity index (χ3n) is 3.27. The molecule has 3 nitrogen and oxygen atoms in total. The van der Waals surface area contributed by atoms with Crippen LogP contribution in [0.15, 0.2) is 48.5 Å². The number of carbonyl (C=O) groups excluding carboxylic acids is 1. The van der Waals surface area contributed by atoms with Crippen molar-refractivity contribution in [3.05, 3.63) is 64.7 Å². The molecule has 4 heteroatoms. The van der Waals surface area contributed by atoms with E-state index in [1.807, 2.05) is 26.0 Å². The second-order valence-corrected chi connectivity index (χ2v) is 6.25. The van der Waals surface area contributed by atoms with E-state index in [1.54, 1.807) is 42.5 Å². The molecule has 122 valence electrons. The van der Waals surface area contributed by atoms with E-state index < -0.39 is 0 Å². The van der Waals surface area contributed by atoms with Gasteiger partial charge in [0.2, 0.25) is 0 Å². The van der Waals surface area contributed by atoms with Crippen molar-refractivity contribution in [3.8, 4) is 11.8 Å². The molecular formula is C20H18ClNO2. The molecule has 0 aromatic heterocycles. The van der Waals surface area contributed by atoms with Crippen LogP contribution in [0.1, 0.15) is 31.4 Å². The Kier molecular flexibility index (Phi) is 6.17. The van der Waals surface area contributed by atoms with E-state index >= 15 is 0 Å². The van der Waals surface area contributed by atoms with Crippen molar-refractivity contribution in [2.45, 2.75) is 20.3 Å². The number of benzene rings is 2. The molecule has 0 amide bonds. The predicted octanol–water partition coefficient (Wildman–Crippen LogP) is 5.36. The Hall–Kier alpha value is -2.57. The minimum atomic E-state index is -0.243. The van der Waals surface area contributed by atoms with Gasteiger partial charge in [0.25, 0.3) is 0 Å². The van der Waals surface area contributed by atoms with Gasteiger partial charge in [-0.15, -0.1) is 0 Å². The molecule has 0 spiro atoms. The van der Waals surface area contributed by atoms with Gasteiger partial charge in [-0.05, 0) is 47.4 Å². The summed E-state index contributed by atoms with van der Waals surface area (Å²) in [6, 6.07) is 16.4. The molecule has 0 fully saturated rings. The van der Waals surface area contributed by atoms with Crippen LogP contribution in [0.3, 0.4) is 0 Å². The van der Waals surface area contributed by atoms with Gasteiger partial charge < -0.3 is 4.74 Å². The van der Waals surface area contributed by atoms with E-state index in [2.05, 4.69) is 6.07 Å². The Morgan fingerprint density at radius 2 is 1.79 bits per heavy atom. The molecule has 2 aromatic carbocycles. The number of nitriles is 1. The Labute approximate surface area is 147 Å². The number of carbonyl (C=O) groups is 1. The summed E-state index contributed by atoms with van der Waals surface area (Å²) >= 11 is 5.87. The minimum Gasteiger partial charge on any atom is -0.427 e. The Morgan fingerprint density at radius 3 is 2.33 bits per heavy atom. The molecule has 2 rings (SSSR count). The third kappa shape index (κ3) is 5.26. The highest BCUT2D eigenvalue weighted by molar-refractivity contribution is 6.30. The molecule has 24 heavy (non-hydrogen) atoms. The zero-order valence-electron chi connectivity index (χ0n) is 13.6. The van der Waals surface area contributed by atoms with E-state index in [9.17, 15) is 10.1 Å². The first kappa shape index (κ1) is 17.8. The van der Waals surface area contributed by atoms with Crippen LogP contribution in [0.25, 0.3) is 11.6 Å². The zero-order valence-corrected chi connectivity index (χ0v) is 14.4. The second kappa shape index (κ2) is 8.33. The first-order valence-corrected chi connectivity index (χ1v) is 8.04. The van der Waals surface area contributed by atoms with Crippen LogP contribution in [0.4, 0.5) is 0 Å². The molecule has 0 saturated heterocycles. The SMILES string of the molecule is CC(C)CC(=O)Oc1ccc(/C=C(/C#N)c2ccc(Cl)cc2)cc1. The summed E-state index contributed by atoms with van der Waals surface area (Å²) in [6.45, 7) is 3.94. The number of allylic oxidation sites excluding steroid dienone is 1. The summed E-state index contributed by atoms with van der Waals surface area (Å²) < 4.78 is 5.27. The highest BCUT2D eigenvalue weighted by Gasteiger charge is 2.07. The van der Waals surface area contributed by atoms with Gasteiger partial charge in [-0.25, -0.2) is 0 Å². The van der Waals surface area contributed by atoms with Gasteiger partial charge >= 0.3 is 5.97 Å². The fourth-order valence-electron chi connectivity index (χ4n) is 2.11. The van der Waals surface area contributed by atoms with Crippen molar-refractivity contribution < 1.29 is 9.53 Å². The van der Waals surface area contributed by atoms with Crippen LogP contribution in [0, 0.1) is 17.2 Å². The maximum absolute atomic E-state index is 11.7. The monoisotopic (exact) mass is 339 g/mol. The van der Waals surface area contributed by atoms with Gasteiger partial charge in [0.05, 0.1) is 11.6 Å². The highest BCUT2D eigenvalue weighted by atomic mass is 35.5. The number of hydrogen-bond donors (Lipinski definition) is 0. The molecule has 0 aliphatic heterocycles.